The van der Waals surface area contributed by atoms with Gasteiger partial charge in [-0.2, -0.15) is 11.8 Å². The number of likely N-dealkylation sites (N-methyl/N-ethyl adjacent to an activating group) is 1. The van der Waals surface area contributed by atoms with Gasteiger partial charge in [-0.05, 0) is 24.7 Å². The Balaban J connectivity index is 1.80. The minimum Gasteiger partial charge on any atom is -0.490 e. The van der Waals surface area contributed by atoms with Crippen LogP contribution in [0.4, 0.5) is 0 Å². The summed E-state index contributed by atoms with van der Waals surface area (Å²) in [5, 5.41) is 0. The summed E-state index contributed by atoms with van der Waals surface area (Å²) in [7, 11) is 2.16. The van der Waals surface area contributed by atoms with Crippen molar-refractivity contribution in [3.05, 3.63) is 23.8 Å². The van der Waals surface area contributed by atoms with E-state index in [1.54, 1.807) is 0 Å². The van der Waals surface area contributed by atoms with Crippen molar-refractivity contribution in [2.45, 2.75) is 18.5 Å². The Morgan fingerprint density at radius 2 is 2.10 bits per heavy atom. The van der Waals surface area contributed by atoms with Crippen LogP contribution in [0, 0.1) is 0 Å². The van der Waals surface area contributed by atoms with E-state index in [4.69, 9.17) is 15.2 Å². The second-order valence-electron chi connectivity index (χ2n) is 5.41. The van der Waals surface area contributed by atoms with Crippen LogP contribution in [0.5, 0.6) is 11.5 Å². The van der Waals surface area contributed by atoms with Crippen LogP contribution in [-0.2, 0) is 0 Å². The van der Waals surface area contributed by atoms with Crippen LogP contribution < -0.4 is 15.2 Å². The van der Waals surface area contributed by atoms with Gasteiger partial charge in [-0.3, -0.25) is 4.90 Å². The molecular weight excluding hydrogens is 272 g/mol. The van der Waals surface area contributed by atoms with Crippen molar-refractivity contribution in [3.8, 4) is 11.5 Å². The predicted molar refractivity (Wildman–Crippen MR) is 82.7 cm³/mol. The van der Waals surface area contributed by atoms with E-state index in [1.165, 1.54) is 5.75 Å². The van der Waals surface area contributed by atoms with E-state index in [0.717, 1.165) is 42.4 Å². The van der Waals surface area contributed by atoms with Crippen LogP contribution in [0.1, 0.15) is 18.0 Å². The first-order valence-electron chi connectivity index (χ1n) is 7.19. The Bertz CT molecular complexity index is 469. The molecule has 1 aromatic carbocycles. The van der Waals surface area contributed by atoms with Gasteiger partial charge in [-0.1, -0.05) is 6.07 Å². The molecule has 0 radical (unpaired) electrons. The molecular formula is C15H22N2O2S. The summed E-state index contributed by atoms with van der Waals surface area (Å²) >= 11 is 1.98. The SMILES string of the molecule is CN1CCSCC1C(N)c1ccc2c(c1)OCCCO2. The molecule has 2 unspecified atom stereocenters. The lowest BCUT2D eigenvalue weighted by Crippen LogP contribution is -2.46. The van der Waals surface area contributed by atoms with Crippen molar-refractivity contribution in [1.29, 1.82) is 0 Å². The van der Waals surface area contributed by atoms with Crippen molar-refractivity contribution < 1.29 is 9.47 Å². The molecule has 0 aromatic heterocycles. The van der Waals surface area contributed by atoms with Crippen LogP contribution >= 0.6 is 11.8 Å². The average Bonchev–Trinajstić information content (AvgIpc) is 2.71. The van der Waals surface area contributed by atoms with Gasteiger partial charge in [0.1, 0.15) is 0 Å². The molecule has 0 saturated carbocycles. The van der Waals surface area contributed by atoms with Gasteiger partial charge < -0.3 is 15.2 Å². The highest BCUT2D eigenvalue weighted by Gasteiger charge is 2.27. The first-order chi connectivity index (χ1) is 9.75. The molecule has 4 nitrogen and oxygen atoms in total. The van der Waals surface area contributed by atoms with Crippen LogP contribution in [0.25, 0.3) is 0 Å². The van der Waals surface area contributed by atoms with Crippen LogP contribution in [0.15, 0.2) is 18.2 Å². The molecule has 2 heterocycles. The number of nitrogens with zero attached hydrogens (tertiary/aromatic N) is 1. The van der Waals surface area contributed by atoms with Gasteiger partial charge in [0.25, 0.3) is 0 Å². The number of rotatable bonds is 2. The number of fused-ring (bicyclic) bond motifs is 1. The summed E-state index contributed by atoms with van der Waals surface area (Å²) in [6.07, 6.45) is 0.929. The van der Waals surface area contributed by atoms with E-state index in [1.807, 2.05) is 17.8 Å². The third kappa shape index (κ3) is 2.90. The first kappa shape index (κ1) is 14.0. The maximum absolute atomic E-state index is 6.48. The summed E-state index contributed by atoms with van der Waals surface area (Å²) in [6.45, 7) is 2.54. The van der Waals surface area contributed by atoms with Crippen LogP contribution in [0.2, 0.25) is 0 Å². The Morgan fingerprint density at radius 3 is 2.90 bits per heavy atom. The quantitative estimate of drug-likeness (QED) is 0.902. The normalized spacial score (nSPS) is 25.0. The highest BCUT2D eigenvalue weighted by Crippen LogP contribution is 2.34. The Kier molecular flexibility index (Phi) is 4.38. The lowest BCUT2D eigenvalue weighted by molar-refractivity contribution is 0.237. The number of hydrogen-bond acceptors (Lipinski definition) is 5. The maximum Gasteiger partial charge on any atom is 0.161 e. The molecule has 110 valence electrons. The van der Waals surface area contributed by atoms with Crippen molar-refractivity contribution in [1.82, 2.24) is 4.90 Å². The van der Waals surface area contributed by atoms with Crippen molar-refractivity contribution in [2.75, 3.05) is 38.3 Å². The largest absolute Gasteiger partial charge is 0.490 e. The Morgan fingerprint density at radius 1 is 1.30 bits per heavy atom. The van der Waals surface area contributed by atoms with Gasteiger partial charge >= 0.3 is 0 Å². The number of benzene rings is 1. The zero-order valence-corrected chi connectivity index (χ0v) is 12.7. The third-order valence-corrected chi connectivity index (χ3v) is 5.06. The molecule has 1 aromatic rings. The fraction of sp³-hybridized carbons (Fsp3) is 0.600. The maximum atomic E-state index is 6.48. The molecule has 0 spiro atoms. The lowest BCUT2D eigenvalue weighted by Gasteiger charge is -2.36. The molecule has 5 heteroatoms. The molecule has 2 atom stereocenters. The minimum absolute atomic E-state index is 0.0185. The average molecular weight is 294 g/mol. The smallest absolute Gasteiger partial charge is 0.161 e. The van der Waals surface area contributed by atoms with Crippen LogP contribution in [-0.4, -0.2) is 49.3 Å². The minimum atomic E-state index is 0.0185. The van der Waals surface area contributed by atoms with Gasteiger partial charge in [0.15, 0.2) is 11.5 Å². The topological polar surface area (TPSA) is 47.7 Å². The molecule has 0 bridgehead atoms. The van der Waals surface area contributed by atoms with Crippen molar-refractivity contribution in [3.63, 3.8) is 0 Å². The molecule has 0 amide bonds. The molecule has 3 rings (SSSR count). The Labute approximate surface area is 124 Å². The van der Waals surface area contributed by atoms with Crippen molar-refractivity contribution >= 4 is 11.8 Å². The highest BCUT2D eigenvalue weighted by molar-refractivity contribution is 7.99. The van der Waals surface area contributed by atoms with Gasteiger partial charge in [-0.15, -0.1) is 0 Å². The van der Waals surface area contributed by atoms with E-state index in [2.05, 4.69) is 24.1 Å². The molecule has 2 aliphatic rings. The number of nitrogens with two attached hydrogens (primary N) is 1. The van der Waals surface area contributed by atoms with E-state index >= 15 is 0 Å². The van der Waals surface area contributed by atoms with E-state index in [-0.39, 0.29) is 6.04 Å². The fourth-order valence-corrected chi connectivity index (χ4v) is 3.98. The predicted octanol–water partition coefficient (Wildman–Crippen LogP) is 1.89. The van der Waals surface area contributed by atoms with Crippen LogP contribution in [0.3, 0.4) is 0 Å². The summed E-state index contributed by atoms with van der Waals surface area (Å²) in [6, 6.07) is 6.53. The molecule has 0 aliphatic carbocycles. The zero-order valence-electron chi connectivity index (χ0n) is 11.9. The third-order valence-electron chi connectivity index (χ3n) is 4.01. The van der Waals surface area contributed by atoms with E-state index in [9.17, 15) is 0 Å². The Hall–Kier alpha value is -0.910. The standard InChI is InChI=1S/C15H22N2O2S/c1-17-5-8-20-10-12(17)15(16)11-3-4-13-14(9-11)19-7-2-6-18-13/h3-4,9,12,15H,2,5-8,10,16H2,1H3. The number of ether oxygens (including phenoxy) is 2. The van der Waals surface area contributed by atoms with Gasteiger partial charge in [0.05, 0.1) is 13.2 Å². The fourth-order valence-electron chi connectivity index (χ4n) is 2.69. The summed E-state index contributed by atoms with van der Waals surface area (Å²) in [5.74, 6) is 3.96. The molecule has 2 N–H and O–H groups in total. The molecule has 20 heavy (non-hydrogen) atoms. The lowest BCUT2D eigenvalue weighted by atomic mass is 9.99. The first-order valence-corrected chi connectivity index (χ1v) is 8.34. The zero-order chi connectivity index (χ0) is 13.9. The van der Waals surface area contributed by atoms with E-state index < -0.39 is 0 Å². The second kappa shape index (κ2) is 6.24. The summed E-state index contributed by atoms with van der Waals surface area (Å²) in [5.41, 5.74) is 7.61. The van der Waals surface area contributed by atoms with Crippen molar-refractivity contribution in [2.24, 2.45) is 5.73 Å². The van der Waals surface area contributed by atoms with E-state index in [0.29, 0.717) is 12.6 Å². The second-order valence-corrected chi connectivity index (χ2v) is 6.56. The molecule has 1 saturated heterocycles. The van der Waals surface area contributed by atoms with Gasteiger partial charge in [-0.25, -0.2) is 0 Å². The highest BCUT2D eigenvalue weighted by atomic mass is 32.2. The molecule has 1 fully saturated rings. The number of hydrogen-bond donors (Lipinski definition) is 1. The van der Waals surface area contributed by atoms with Gasteiger partial charge in [0.2, 0.25) is 0 Å². The monoisotopic (exact) mass is 294 g/mol. The molecule has 2 aliphatic heterocycles. The summed E-state index contributed by atoms with van der Waals surface area (Å²) < 4.78 is 11.4. The number of thioether (sulfide) groups is 1. The van der Waals surface area contributed by atoms with Gasteiger partial charge in [0, 0.05) is 36.6 Å². The summed E-state index contributed by atoms with van der Waals surface area (Å²) in [4.78, 5) is 2.37.